The molecule has 4 aliphatic rings. The molecule has 0 spiro atoms. The number of unbranched alkanes of at least 4 members (excludes halogenated alkanes) is 3. The van der Waals surface area contributed by atoms with Crippen LogP contribution in [0.2, 0.25) is 0 Å². The van der Waals surface area contributed by atoms with Gasteiger partial charge in [0.05, 0.1) is 5.60 Å². The number of rotatable bonds is 9. The van der Waals surface area contributed by atoms with Crippen LogP contribution >= 0.6 is 0 Å². The van der Waals surface area contributed by atoms with E-state index in [1.54, 1.807) is 0 Å². The lowest BCUT2D eigenvalue weighted by molar-refractivity contribution is -0.00483. The van der Waals surface area contributed by atoms with E-state index in [0.29, 0.717) is 16.2 Å². The van der Waals surface area contributed by atoms with Crippen LogP contribution in [0.3, 0.4) is 0 Å². The van der Waals surface area contributed by atoms with Crippen LogP contribution in [0, 0.1) is 69.5 Å². The van der Waals surface area contributed by atoms with Crippen molar-refractivity contribution in [2.24, 2.45) is 69.5 Å². The number of hydrogen-bond acceptors (Lipinski definition) is 1. The molecule has 40 heavy (non-hydrogen) atoms. The summed E-state index contributed by atoms with van der Waals surface area (Å²) in [7, 11) is 0. The van der Waals surface area contributed by atoms with Crippen molar-refractivity contribution in [1.29, 1.82) is 0 Å². The van der Waals surface area contributed by atoms with Gasteiger partial charge < -0.3 is 4.74 Å². The Balaban J connectivity index is 1.40. The maximum absolute atomic E-state index is 5.94. The van der Waals surface area contributed by atoms with Gasteiger partial charge in [0.2, 0.25) is 0 Å². The van der Waals surface area contributed by atoms with Gasteiger partial charge in [-0.05, 0) is 148 Å². The maximum atomic E-state index is 5.94. The second kappa shape index (κ2) is 12.5. The van der Waals surface area contributed by atoms with Crippen LogP contribution in [0.25, 0.3) is 0 Å². The van der Waals surface area contributed by atoms with Gasteiger partial charge >= 0.3 is 0 Å². The molecule has 0 saturated heterocycles. The number of ether oxygens (including phenoxy) is 1. The molecule has 234 valence electrons. The normalized spacial score (nSPS) is 37.4. The molecule has 4 aliphatic carbocycles. The first-order chi connectivity index (χ1) is 18.5. The van der Waals surface area contributed by atoms with E-state index in [0.717, 1.165) is 59.9 Å². The Morgan fingerprint density at radius 3 is 1.50 bits per heavy atom. The summed E-state index contributed by atoms with van der Waals surface area (Å²) >= 11 is 0. The molecule has 0 aromatic heterocycles. The fraction of sp³-hybridized carbons (Fsp3) is 1.00. The van der Waals surface area contributed by atoms with Crippen molar-refractivity contribution in [3.8, 4) is 0 Å². The van der Waals surface area contributed by atoms with Gasteiger partial charge in [-0.25, -0.2) is 0 Å². The van der Waals surface area contributed by atoms with Gasteiger partial charge in [-0.15, -0.1) is 0 Å². The van der Waals surface area contributed by atoms with Gasteiger partial charge in [0, 0.05) is 6.61 Å². The molecule has 4 fully saturated rings. The highest BCUT2D eigenvalue weighted by Gasteiger charge is 2.60. The Labute approximate surface area is 252 Å². The lowest BCUT2D eigenvalue weighted by Crippen LogP contribution is -2.42. The Bertz CT molecular complexity index is 749. The zero-order valence-electron chi connectivity index (χ0n) is 29.2. The molecular weight excluding hydrogens is 484 g/mol. The lowest BCUT2D eigenvalue weighted by atomic mass is 9.56. The standard InChI is InChI=1S/C39H72O/c1-36(2,3)28-19-21-31-32-22-20-29(37(4,5)6)26-34(32)35(33(31)25-28)39(10,11)30-18-17-27(24-30)16-14-12-13-15-23-40-38(7,8)9/h27-35H,12-26H2,1-11H3. The minimum absolute atomic E-state index is 0.0155. The SMILES string of the molecule is CC(C)(C)OCCCCCCC1CCC(C(C)(C)C2C3CC(C(C)(C)C)CCC3C3CCC(C(C)(C)C)CC32)C1. The molecule has 0 amide bonds. The third-order valence-corrected chi connectivity index (χ3v) is 13.3. The van der Waals surface area contributed by atoms with Gasteiger partial charge in [-0.3, -0.25) is 0 Å². The summed E-state index contributed by atoms with van der Waals surface area (Å²) in [6.45, 7) is 28.2. The summed E-state index contributed by atoms with van der Waals surface area (Å²) in [5.41, 5.74) is 1.46. The molecule has 8 unspecified atom stereocenters. The third-order valence-electron chi connectivity index (χ3n) is 13.3. The van der Waals surface area contributed by atoms with Gasteiger partial charge in [-0.2, -0.15) is 0 Å². The number of hydrogen-bond donors (Lipinski definition) is 0. The predicted octanol–water partition coefficient (Wildman–Crippen LogP) is 12.0. The zero-order valence-corrected chi connectivity index (χ0v) is 29.2. The van der Waals surface area contributed by atoms with Crippen molar-refractivity contribution in [2.45, 2.75) is 172 Å². The molecule has 0 aromatic carbocycles. The molecule has 0 heterocycles. The summed E-state index contributed by atoms with van der Waals surface area (Å²) in [4.78, 5) is 0. The van der Waals surface area contributed by atoms with E-state index < -0.39 is 0 Å². The van der Waals surface area contributed by atoms with Crippen molar-refractivity contribution >= 4 is 0 Å². The van der Waals surface area contributed by atoms with Crippen LogP contribution in [-0.2, 0) is 4.74 Å². The van der Waals surface area contributed by atoms with E-state index >= 15 is 0 Å². The van der Waals surface area contributed by atoms with E-state index in [2.05, 4.69) is 76.2 Å². The summed E-state index contributed by atoms with van der Waals surface area (Å²) in [5, 5.41) is 0. The van der Waals surface area contributed by atoms with E-state index in [9.17, 15) is 0 Å². The van der Waals surface area contributed by atoms with Crippen molar-refractivity contribution in [2.75, 3.05) is 6.61 Å². The second-order valence-electron chi connectivity index (χ2n) is 19.3. The molecule has 1 nitrogen and oxygen atoms in total. The van der Waals surface area contributed by atoms with Crippen molar-refractivity contribution < 1.29 is 4.74 Å². The van der Waals surface area contributed by atoms with Gasteiger partial charge in [-0.1, -0.05) is 87.5 Å². The first kappa shape index (κ1) is 32.9. The molecule has 4 rings (SSSR count). The van der Waals surface area contributed by atoms with E-state index in [1.807, 2.05) is 0 Å². The van der Waals surface area contributed by atoms with Gasteiger partial charge in [0.1, 0.15) is 0 Å². The Morgan fingerprint density at radius 2 is 1.00 bits per heavy atom. The van der Waals surface area contributed by atoms with Crippen LogP contribution in [0.5, 0.6) is 0 Å². The highest BCUT2D eigenvalue weighted by molar-refractivity contribution is 5.08. The summed E-state index contributed by atoms with van der Waals surface area (Å²) < 4.78 is 5.94. The molecule has 0 bridgehead atoms. The average molecular weight is 557 g/mol. The minimum atomic E-state index is 0.0155. The molecule has 0 aromatic rings. The summed E-state index contributed by atoms with van der Waals surface area (Å²) in [6, 6.07) is 0. The van der Waals surface area contributed by atoms with Crippen molar-refractivity contribution in [1.82, 2.24) is 0 Å². The second-order valence-corrected chi connectivity index (χ2v) is 19.3. The lowest BCUT2D eigenvalue weighted by Gasteiger charge is -2.49. The van der Waals surface area contributed by atoms with Crippen LogP contribution in [0.4, 0.5) is 0 Å². The zero-order chi connectivity index (χ0) is 29.5. The van der Waals surface area contributed by atoms with Crippen LogP contribution < -0.4 is 0 Å². The molecular formula is C39H72O. The maximum Gasteiger partial charge on any atom is 0.0598 e. The number of fused-ring (bicyclic) bond motifs is 3. The average Bonchev–Trinajstić information content (AvgIpc) is 3.44. The van der Waals surface area contributed by atoms with Crippen LogP contribution in [-0.4, -0.2) is 12.2 Å². The highest BCUT2D eigenvalue weighted by Crippen LogP contribution is 2.67. The molecule has 0 aliphatic heterocycles. The van der Waals surface area contributed by atoms with Crippen LogP contribution in [0.1, 0.15) is 166 Å². The topological polar surface area (TPSA) is 9.23 Å². The smallest absolute Gasteiger partial charge is 0.0598 e. The Morgan fingerprint density at radius 1 is 0.500 bits per heavy atom. The summed E-state index contributed by atoms with van der Waals surface area (Å²) in [6.07, 6.45) is 20.6. The first-order valence-electron chi connectivity index (χ1n) is 18.1. The molecule has 1 heteroatoms. The predicted molar refractivity (Wildman–Crippen MR) is 174 cm³/mol. The fourth-order valence-electron chi connectivity index (χ4n) is 10.9. The van der Waals surface area contributed by atoms with E-state index in [4.69, 9.17) is 4.74 Å². The monoisotopic (exact) mass is 557 g/mol. The minimum Gasteiger partial charge on any atom is -0.376 e. The largest absolute Gasteiger partial charge is 0.376 e. The summed E-state index contributed by atoms with van der Waals surface area (Å²) in [5.74, 6) is 8.82. The molecule has 0 N–H and O–H groups in total. The molecule has 4 saturated carbocycles. The fourth-order valence-corrected chi connectivity index (χ4v) is 10.9. The van der Waals surface area contributed by atoms with E-state index in [1.165, 1.54) is 89.9 Å². The first-order valence-corrected chi connectivity index (χ1v) is 18.1. The quantitative estimate of drug-likeness (QED) is 0.257. The Kier molecular flexibility index (Phi) is 10.3. The van der Waals surface area contributed by atoms with Crippen molar-refractivity contribution in [3.05, 3.63) is 0 Å². The van der Waals surface area contributed by atoms with Gasteiger partial charge in [0.25, 0.3) is 0 Å². The van der Waals surface area contributed by atoms with Crippen LogP contribution in [0.15, 0.2) is 0 Å². The van der Waals surface area contributed by atoms with Gasteiger partial charge in [0.15, 0.2) is 0 Å². The molecule has 8 atom stereocenters. The molecule has 0 radical (unpaired) electrons. The van der Waals surface area contributed by atoms with E-state index in [-0.39, 0.29) is 5.60 Å². The third kappa shape index (κ3) is 7.72. The Hall–Kier alpha value is -0.0400. The van der Waals surface area contributed by atoms with Crippen molar-refractivity contribution in [3.63, 3.8) is 0 Å². The highest BCUT2D eigenvalue weighted by atomic mass is 16.5.